The molecule has 0 saturated carbocycles. The molecule has 0 radical (unpaired) electrons. The average molecular weight is 403 g/mol. The molecule has 150 valence electrons. The van der Waals surface area contributed by atoms with E-state index in [1.807, 2.05) is 12.2 Å². The number of aromatic nitrogens is 4. The number of nitrogens with one attached hydrogen (secondary N) is 2. The fourth-order valence-electron chi connectivity index (χ4n) is 4.16. The summed E-state index contributed by atoms with van der Waals surface area (Å²) >= 11 is 0. The van der Waals surface area contributed by atoms with Crippen LogP contribution >= 0.6 is 0 Å². The van der Waals surface area contributed by atoms with E-state index in [0.717, 1.165) is 62.6 Å². The molecule has 0 atom stereocenters. The van der Waals surface area contributed by atoms with Crippen LogP contribution in [0.2, 0.25) is 0 Å². The van der Waals surface area contributed by atoms with Crippen molar-refractivity contribution in [2.24, 2.45) is 0 Å². The maximum Gasteiger partial charge on any atom is 0.0751 e. The van der Waals surface area contributed by atoms with Gasteiger partial charge in [0.05, 0.1) is 28.3 Å². The standard InChI is InChI=1S/C26H21N5/c1-31-13-3-2-4-25(31)26-23-11-9-21(29-23)15-19-7-5-17(27-19)14-18-6-8-20(28-18)16-22-10-12-24(26)30-22/h2-12,14-16,27,30H,13H2,1H3. The van der Waals surface area contributed by atoms with Crippen molar-refractivity contribution in [3.05, 3.63) is 89.0 Å². The second kappa shape index (κ2) is 6.99. The number of rotatable bonds is 1. The molecule has 0 fully saturated rings. The van der Waals surface area contributed by atoms with Gasteiger partial charge in [-0.3, -0.25) is 0 Å². The first kappa shape index (κ1) is 17.7. The van der Waals surface area contributed by atoms with Crippen LogP contribution in [0.1, 0.15) is 28.3 Å². The van der Waals surface area contributed by atoms with Crippen molar-refractivity contribution < 1.29 is 0 Å². The quantitative estimate of drug-likeness (QED) is 0.389. The Balaban J connectivity index is 1.71. The summed E-state index contributed by atoms with van der Waals surface area (Å²) in [5.41, 5.74) is 10.1. The minimum atomic E-state index is 0.872. The number of nitrogens with zero attached hydrogens (tertiary/aromatic N) is 3. The molecule has 3 aliphatic rings. The molecular formula is C26H21N5. The molecule has 5 nitrogen and oxygen atoms in total. The van der Waals surface area contributed by atoms with Crippen molar-refractivity contribution in [3.63, 3.8) is 0 Å². The average Bonchev–Trinajstić information content (AvgIpc) is 3.55. The van der Waals surface area contributed by atoms with E-state index in [0.29, 0.717) is 0 Å². The molecule has 0 aliphatic carbocycles. The minimum absolute atomic E-state index is 0.872. The van der Waals surface area contributed by atoms with Gasteiger partial charge in [0, 0.05) is 41.4 Å². The van der Waals surface area contributed by atoms with Crippen LogP contribution in [0, 0.1) is 0 Å². The van der Waals surface area contributed by atoms with Gasteiger partial charge in [0.15, 0.2) is 0 Å². The predicted molar refractivity (Wildman–Crippen MR) is 129 cm³/mol. The topological polar surface area (TPSA) is 60.6 Å². The number of H-pyrrole nitrogens is 2. The summed E-state index contributed by atoms with van der Waals surface area (Å²) in [6.45, 7) is 0.872. The summed E-state index contributed by atoms with van der Waals surface area (Å²) in [4.78, 5) is 18.9. The second-order valence-electron chi connectivity index (χ2n) is 7.92. The fourth-order valence-corrected chi connectivity index (χ4v) is 4.16. The number of fused-ring (bicyclic) bond motifs is 8. The lowest BCUT2D eigenvalue weighted by Crippen LogP contribution is -2.19. The lowest BCUT2D eigenvalue weighted by molar-refractivity contribution is 0.531. The molecule has 31 heavy (non-hydrogen) atoms. The van der Waals surface area contributed by atoms with Crippen molar-refractivity contribution in [1.29, 1.82) is 0 Å². The van der Waals surface area contributed by atoms with Crippen molar-refractivity contribution in [3.8, 4) is 0 Å². The van der Waals surface area contributed by atoms with Crippen LogP contribution in [-0.4, -0.2) is 38.4 Å². The van der Waals surface area contributed by atoms with Crippen LogP contribution in [0.15, 0.2) is 60.7 Å². The van der Waals surface area contributed by atoms with Crippen molar-refractivity contribution in [1.82, 2.24) is 24.8 Å². The molecule has 3 aromatic heterocycles. The SMILES string of the molecule is CN1CC=CC=C1c1c2nc(cc3ccc(cc4nc(cc5ccc1[nH]5)C=C4)[nH]3)C=C2. The van der Waals surface area contributed by atoms with Crippen LogP contribution in [0.5, 0.6) is 0 Å². The van der Waals surface area contributed by atoms with Crippen LogP contribution < -0.4 is 0 Å². The molecule has 2 N–H and O–H groups in total. The van der Waals surface area contributed by atoms with E-state index in [9.17, 15) is 0 Å². The third kappa shape index (κ3) is 3.30. The molecule has 3 aromatic rings. The smallest absolute Gasteiger partial charge is 0.0751 e. The molecule has 0 spiro atoms. The Hall–Kier alpha value is -4.12. The lowest BCUT2D eigenvalue weighted by atomic mass is 10.1. The Kier molecular flexibility index (Phi) is 3.99. The first-order valence-corrected chi connectivity index (χ1v) is 10.4. The maximum atomic E-state index is 4.95. The van der Waals surface area contributed by atoms with Gasteiger partial charge in [0.2, 0.25) is 0 Å². The van der Waals surface area contributed by atoms with Crippen LogP contribution in [-0.2, 0) is 0 Å². The zero-order chi connectivity index (χ0) is 20.8. The third-order valence-corrected chi connectivity index (χ3v) is 5.66. The molecule has 6 heterocycles. The van der Waals surface area contributed by atoms with E-state index >= 15 is 0 Å². The summed E-state index contributed by atoms with van der Waals surface area (Å²) in [5, 5.41) is 0. The molecule has 0 unspecified atom stereocenters. The molecule has 0 aromatic carbocycles. The Morgan fingerprint density at radius 2 is 1.42 bits per heavy atom. The van der Waals surface area contributed by atoms with Gasteiger partial charge >= 0.3 is 0 Å². The van der Waals surface area contributed by atoms with Crippen LogP contribution in [0.3, 0.4) is 0 Å². The highest BCUT2D eigenvalue weighted by atomic mass is 15.1. The number of hydrogen-bond acceptors (Lipinski definition) is 3. The van der Waals surface area contributed by atoms with E-state index in [-0.39, 0.29) is 0 Å². The lowest BCUT2D eigenvalue weighted by Gasteiger charge is -2.24. The van der Waals surface area contributed by atoms with E-state index in [1.165, 1.54) is 0 Å². The van der Waals surface area contributed by atoms with Gasteiger partial charge in [-0.05, 0) is 72.8 Å². The first-order chi connectivity index (χ1) is 15.2. The number of hydrogen-bond donors (Lipinski definition) is 2. The van der Waals surface area contributed by atoms with Gasteiger partial charge in [-0.25, -0.2) is 9.97 Å². The molecule has 5 heteroatoms. The number of likely N-dealkylation sites (N-methyl/N-ethyl adjacent to an activating group) is 1. The highest BCUT2D eigenvalue weighted by Gasteiger charge is 2.16. The van der Waals surface area contributed by atoms with Gasteiger partial charge in [-0.1, -0.05) is 12.2 Å². The predicted octanol–water partition coefficient (Wildman–Crippen LogP) is 5.50. The van der Waals surface area contributed by atoms with E-state index in [4.69, 9.17) is 9.97 Å². The Morgan fingerprint density at radius 3 is 2.16 bits per heavy atom. The molecule has 3 aliphatic heterocycles. The number of allylic oxidation sites excluding steroid dienone is 2. The Labute approximate surface area is 179 Å². The minimum Gasteiger partial charge on any atom is -0.370 e. The third-order valence-electron chi connectivity index (χ3n) is 5.66. The molecule has 8 bridgehead atoms. The van der Waals surface area contributed by atoms with E-state index in [1.54, 1.807) is 0 Å². The summed E-state index contributed by atoms with van der Waals surface area (Å²) < 4.78 is 0. The summed E-state index contributed by atoms with van der Waals surface area (Å²) in [6, 6.07) is 14.5. The van der Waals surface area contributed by atoms with Gasteiger partial charge < -0.3 is 14.9 Å². The first-order valence-electron chi connectivity index (χ1n) is 10.4. The van der Waals surface area contributed by atoms with Gasteiger partial charge in [0.25, 0.3) is 0 Å². The van der Waals surface area contributed by atoms with Crippen molar-refractivity contribution in [2.75, 3.05) is 13.6 Å². The highest BCUT2D eigenvalue weighted by Crippen LogP contribution is 2.29. The molecule has 0 saturated heterocycles. The van der Waals surface area contributed by atoms with Crippen molar-refractivity contribution >= 4 is 52.1 Å². The molecule has 0 amide bonds. The molecular weight excluding hydrogens is 382 g/mol. The van der Waals surface area contributed by atoms with Gasteiger partial charge in [-0.2, -0.15) is 0 Å². The summed E-state index contributed by atoms with van der Waals surface area (Å²) in [7, 11) is 2.11. The van der Waals surface area contributed by atoms with Crippen LogP contribution in [0.25, 0.3) is 52.1 Å². The largest absolute Gasteiger partial charge is 0.370 e. The summed E-state index contributed by atoms with van der Waals surface area (Å²) in [5.74, 6) is 0. The zero-order valence-corrected chi connectivity index (χ0v) is 17.1. The highest BCUT2D eigenvalue weighted by molar-refractivity contribution is 5.88. The van der Waals surface area contributed by atoms with Gasteiger partial charge in [0.1, 0.15) is 0 Å². The van der Waals surface area contributed by atoms with E-state index in [2.05, 4.69) is 94.8 Å². The maximum absolute atomic E-state index is 4.95. The summed E-state index contributed by atoms with van der Waals surface area (Å²) in [6.07, 6.45) is 14.7. The normalized spacial score (nSPS) is 14.9. The van der Waals surface area contributed by atoms with Gasteiger partial charge in [-0.15, -0.1) is 0 Å². The second-order valence-corrected chi connectivity index (χ2v) is 7.92. The van der Waals surface area contributed by atoms with Crippen molar-refractivity contribution in [2.45, 2.75) is 0 Å². The van der Waals surface area contributed by atoms with E-state index < -0.39 is 0 Å². The zero-order valence-electron chi connectivity index (χ0n) is 17.1. The molecule has 6 rings (SSSR count). The fraction of sp³-hybridized carbons (Fsp3) is 0.0769. The Morgan fingerprint density at radius 1 is 0.774 bits per heavy atom. The Bertz CT molecular complexity index is 1480. The number of aromatic amines is 2. The monoisotopic (exact) mass is 403 g/mol. The van der Waals surface area contributed by atoms with Crippen LogP contribution in [0.4, 0.5) is 0 Å².